The fourth-order valence-corrected chi connectivity index (χ4v) is 2.37. The van der Waals surface area contributed by atoms with Crippen molar-refractivity contribution in [1.82, 2.24) is 19.9 Å². The van der Waals surface area contributed by atoms with Crippen LogP contribution in [0.1, 0.15) is 16.8 Å². The predicted molar refractivity (Wildman–Crippen MR) is 98.2 cm³/mol. The van der Waals surface area contributed by atoms with Gasteiger partial charge < -0.3 is 21.7 Å². The molecule has 0 aliphatic heterocycles. The number of nitrogens with two attached hydrogens (primary N) is 1. The average Bonchev–Trinajstić information content (AvgIpc) is 3.10. The number of carbonyl (C=O) groups is 3. The molecule has 138 valence electrons. The van der Waals surface area contributed by atoms with E-state index in [-0.39, 0.29) is 18.9 Å². The zero-order valence-electron chi connectivity index (χ0n) is 14.2. The molecule has 0 radical (unpaired) electrons. The molecule has 0 bridgehead atoms. The van der Waals surface area contributed by atoms with Crippen LogP contribution in [0.3, 0.4) is 0 Å². The molecule has 1 aromatic carbocycles. The summed E-state index contributed by atoms with van der Waals surface area (Å²) in [5.41, 5.74) is 6.80. The first-order chi connectivity index (χ1) is 13.0. The first-order valence-electron chi connectivity index (χ1n) is 8.06. The zero-order chi connectivity index (χ0) is 19.2. The topological polar surface area (TPSA) is 144 Å². The van der Waals surface area contributed by atoms with E-state index in [4.69, 9.17) is 5.73 Å². The summed E-state index contributed by atoms with van der Waals surface area (Å²) in [4.78, 5) is 39.1. The number of hydrogen-bond donors (Lipinski definition) is 4. The van der Waals surface area contributed by atoms with Gasteiger partial charge in [-0.15, -0.1) is 0 Å². The zero-order valence-corrected chi connectivity index (χ0v) is 14.2. The summed E-state index contributed by atoms with van der Waals surface area (Å²) in [7, 11) is 0. The van der Waals surface area contributed by atoms with Gasteiger partial charge >= 0.3 is 6.03 Å². The Hall–Kier alpha value is -3.95. The molecule has 10 nitrogen and oxygen atoms in total. The monoisotopic (exact) mass is 367 g/mol. The lowest BCUT2D eigenvalue weighted by atomic mass is 10.2. The smallest absolute Gasteiger partial charge is 0.319 e. The molecule has 27 heavy (non-hydrogen) atoms. The van der Waals surface area contributed by atoms with Gasteiger partial charge in [0.15, 0.2) is 5.65 Å². The SMILES string of the molecule is NC(=O)CCNC(=O)Nc1cccc(NC(=O)c2cccn3ncnc23)c1. The summed E-state index contributed by atoms with van der Waals surface area (Å²) in [5, 5.41) is 11.9. The Morgan fingerprint density at radius 3 is 2.63 bits per heavy atom. The van der Waals surface area contributed by atoms with E-state index in [0.717, 1.165) is 0 Å². The summed E-state index contributed by atoms with van der Waals surface area (Å²) in [6.45, 7) is 0.139. The van der Waals surface area contributed by atoms with Gasteiger partial charge in [-0.2, -0.15) is 5.10 Å². The van der Waals surface area contributed by atoms with E-state index < -0.39 is 11.9 Å². The van der Waals surface area contributed by atoms with Crippen LogP contribution < -0.4 is 21.7 Å². The summed E-state index contributed by atoms with van der Waals surface area (Å²) in [6, 6.07) is 9.52. The minimum absolute atomic E-state index is 0.0533. The van der Waals surface area contributed by atoms with Crippen LogP contribution in [0.5, 0.6) is 0 Å². The summed E-state index contributed by atoms with van der Waals surface area (Å²) >= 11 is 0. The van der Waals surface area contributed by atoms with Crippen LogP contribution in [0.2, 0.25) is 0 Å². The molecular formula is C17H17N7O3. The fourth-order valence-electron chi connectivity index (χ4n) is 2.37. The molecular weight excluding hydrogens is 350 g/mol. The second-order valence-electron chi connectivity index (χ2n) is 5.58. The Kier molecular flexibility index (Phi) is 5.26. The van der Waals surface area contributed by atoms with Gasteiger partial charge in [0.05, 0.1) is 5.56 Å². The quantitative estimate of drug-likeness (QED) is 0.513. The average molecular weight is 367 g/mol. The molecule has 0 saturated heterocycles. The fraction of sp³-hybridized carbons (Fsp3) is 0.118. The molecule has 3 aromatic rings. The number of benzene rings is 1. The molecule has 0 aliphatic rings. The van der Waals surface area contributed by atoms with E-state index in [9.17, 15) is 14.4 Å². The van der Waals surface area contributed by atoms with Crippen molar-refractivity contribution in [2.75, 3.05) is 17.2 Å². The third-order valence-electron chi connectivity index (χ3n) is 3.58. The minimum atomic E-state index is -0.497. The van der Waals surface area contributed by atoms with E-state index in [1.165, 1.54) is 10.8 Å². The number of carbonyl (C=O) groups excluding carboxylic acids is 3. The third kappa shape index (κ3) is 4.57. The molecule has 0 spiro atoms. The van der Waals surface area contributed by atoms with Crippen molar-refractivity contribution >= 4 is 34.9 Å². The van der Waals surface area contributed by atoms with Crippen molar-refractivity contribution in [3.05, 3.63) is 54.5 Å². The van der Waals surface area contributed by atoms with Gasteiger partial charge in [-0.1, -0.05) is 6.07 Å². The molecule has 0 unspecified atom stereocenters. The molecule has 10 heteroatoms. The first-order valence-corrected chi connectivity index (χ1v) is 8.06. The van der Waals surface area contributed by atoms with Crippen LogP contribution in [-0.4, -0.2) is 39.0 Å². The van der Waals surface area contributed by atoms with Crippen molar-refractivity contribution in [2.24, 2.45) is 5.73 Å². The highest BCUT2D eigenvalue weighted by molar-refractivity contribution is 6.08. The van der Waals surface area contributed by atoms with E-state index in [2.05, 4.69) is 26.0 Å². The molecule has 0 saturated carbocycles. The molecule has 0 atom stereocenters. The van der Waals surface area contributed by atoms with Crippen LogP contribution in [0.4, 0.5) is 16.2 Å². The van der Waals surface area contributed by atoms with Gasteiger partial charge in [0.1, 0.15) is 6.33 Å². The standard InChI is InChI=1S/C17H17N7O3/c18-14(25)6-7-19-17(27)23-12-4-1-3-11(9-12)22-16(26)13-5-2-8-24-15(13)20-10-21-24/h1-5,8-10H,6-7H2,(H2,18,25)(H,22,26)(H2,19,23,27). The summed E-state index contributed by atoms with van der Waals surface area (Å²) in [6.07, 6.45) is 3.12. The maximum Gasteiger partial charge on any atom is 0.319 e. The number of anilines is 2. The van der Waals surface area contributed by atoms with Crippen LogP contribution in [-0.2, 0) is 4.79 Å². The summed E-state index contributed by atoms with van der Waals surface area (Å²) in [5.74, 6) is -0.848. The number of amides is 4. The van der Waals surface area contributed by atoms with Crippen LogP contribution in [0.15, 0.2) is 48.9 Å². The molecule has 2 heterocycles. The van der Waals surface area contributed by atoms with Gasteiger partial charge in [-0.25, -0.2) is 14.3 Å². The van der Waals surface area contributed by atoms with E-state index in [0.29, 0.717) is 22.6 Å². The lowest BCUT2D eigenvalue weighted by Gasteiger charge is -2.10. The van der Waals surface area contributed by atoms with Gasteiger partial charge in [0.25, 0.3) is 5.91 Å². The maximum atomic E-state index is 12.5. The van der Waals surface area contributed by atoms with Crippen molar-refractivity contribution < 1.29 is 14.4 Å². The number of rotatable bonds is 6. The Morgan fingerprint density at radius 1 is 1.07 bits per heavy atom. The Bertz CT molecular complexity index is 999. The second kappa shape index (κ2) is 7.95. The van der Waals surface area contributed by atoms with Gasteiger partial charge in [-0.3, -0.25) is 9.59 Å². The first kappa shape index (κ1) is 17.9. The Morgan fingerprint density at radius 2 is 1.85 bits per heavy atom. The highest BCUT2D eigenvalue weighted by Gasteiger charge is 2.12. The number of hydrogen-bond acceptors (Lipinski definition) is 5. The van der Waals surface area contributed by atoms with Crippen LogP contribution >= 0.6 is 0 Å². The molecule has 3 rings (SSSR count). The Labute approximate surface area is 153 Å². The Balaban J connectivity index is 1.65. The number of primary amides is 1. The normalized spacial score (nSPS) is 10.4. The number of pyridine rings is 1. The second-order valence-corrected chi connectivity index (χ2v) is 5.58. The van der Waals surface area contributed by atoms with Gasteiger partial charge in [0, 0.05) is 30.5 Å². The number of fused-ring (bicyclic) bond motifs is 1. The molecule has 0 fully saturated rings. The number of nitrogens with one attached hydrogen (secondary N) is 3. The van der Waals surface area contributed by atoms with Crippen LogP contribution in [0.25, 0.3) is 5.65 Å². The number of nitrogens with zero attached hydrogens (tertiary/aromatic N) is 3. The van der Waals surface area contributed by atoms with E-state index in [1.54, 1.807) is 42.6 Å². The largest absolute Gasteiger partial charge is 0.370 e. The van der Waals surface area contributed by atoms with Gasteiger partial charge in [-0.05, 0) is 30.3 Å². The molecule has 0 aliphatic carbocycles. The highest BCUT2D eigenvalue weighted by Crippen LogP contribution is 2.17. The van der Waals surface area contributed by atoms with Crippen molar-refractivity contribution in [2.45, 2.75) is 6.42 Å². The molecule has 2 aromatic heterocycles. The van der Waals surface area contributed by atoms with Crippen molar-refractivity contribution in [3.63, 3.8) is 0 Å². The molecule has 5 N–H and O–H groups in total. The van der Waals surface area contributed by atoms with Gasteiger partial charge in [0.2, 0.25) is 5.91 Å². The lowest BCUT2D eigenvalue weighted by Crippen LogP contribution is -2.31. The number of aromatic nitrogens is 3. The lowest BCUT2D eigenvalue weighted by molar-refractivity contribution is -0.117. The maximum absolute atomic E-state index is 12.5. The van der Waals surface area contributed by atoms with Crippen molar-refractivity contribution in [3.8, 4) is 0 Å². The summed E-state index contributed by atoms with van der Waals surface area (Å²) < 4.78 is 1.50. The third-order valence-corrected chi connectivity index (χ3v) is 3.58. The molecule has 4 amide bonds. The van der Waals surface area contributed by atoms with Crippen LogP contribution in [0, 0.1) is 0 Å². The van der Waals surface area contributed by atoms with E-state index >= 15 is 0 Å². The predicted octanol–water partition coefficient (Wildman–Crippen LogP) is 0.978. The highest BCUT2D eigenvalue weighted by atomic mass is 16.2. The van der Waals surface area contributed by atoms with Crippen molar-refractivity contribution in [1.29, 1.82) is 0 Å². The number of urea groups is 1. The van der Waals surface area contributed by atoms with E-state index in [1.807, 2.05) is 0 Å². The minimum Gasteiger partial charge on any atom is -0.370 e.